The van der Waals surface area contributed by atoms with Crippen LogP contribution >= 0.6 is 12.2 Å². The summed E-state index contributed by atoms with van der Waals surface area (Å²) in [5, 5.41) is 0. The van der Waals surface area contributed by atoms with Crippen molar-refractivity contribution in [2.24, 2.45) is 5.73 Å². The second-order valence-electron chi connectivity index (χ2n) is 4.34. The molecule has 0 amide bonds. The van der Waals surface area contributed by atoms with Gasteiger partial charge >= 0.3 is 5.97 Å². The number of rotatable bonds is 4. The molecule has 1 saturated heterocycles. The van der Waals surface area contributed by atoms with Crippen LogP contribution in [-0.2, 0) is 14.3 Å². The van der Waals surface area contributed by atoms with E-state index in [1.807, 2.05) is 4.90 Å². The van der Waals surface area contributed by atoms with Gasteiger partial charge < -0.3 is 20.1 Å². The van der Waals surface area contributed by atoms with Crippen LogP contribution in [0.5, 0.6) is 0 Å². The largest absolute Gasteiger partial charge is 0.469 e. The molecule has 0 bridgehead atoms. The topological polar surface area (TPSA) is 90.6 Å². The van der Waals surface area contributed by atoms with Gasteiger partial charge in [-0.25, -0.2) is 9.97 Å². The van der Waals surface area contributed by atoms with Crippen molar-refractivity contribution in [3.8, 4) is 0 Å². The van der Waals surface area contributed by atoms with E-state index in [1.54, 1.807) is 12.4 Å². The number of methoxy groups -OCH3 is 1. The Hall–Kier alpha value is -1.80. The molecule has 7 nitrogen and oxygen atoms in total. The number of carbonyl (C=O) groups excluding carboxylic acids is 1. The van der Waals surface area contributed by atoms with Gasteiger partial charge in [0.25, 0.3) is 0 Å². The number of thiocarbonyl (C=S) groups is 1. The standard InChI is InChI=1S/C12H16N4O3S/c1-18-11(17)4-8-7-16(2-3-19-8)10-6-14-9(5-15-10)12(13)20/h5-6,8H,2-4,7H2,1H3,(H2,13,20). The minimum atomic E-state index is -0.285. The third kappa shape index (κ3) is 3.61. The van der Waals surface area contributed by atoms with Gasteiger partial charge in [0.1, 0.15) is 16.5 Å². The summed E-state index contributed by atoms with van der Waals surface area (Å²) in [5.41, 5.74) is 5.97. The van der Waals surface area contributed by atoms with Crippen LogP contribution in [0, 0.1) is 0 Å². The average Bonchev–Trinajstić information content (AvgIpc) is 2.47. The van der Waals surface area contributed by atoms with Gasteiger partial charge in [-0.05, 0) is 0 Å². The zero-order chi connectivity index (χ0) is 14.5. The van der Waals surface area contributed by atoms with Crippen molar-refractivity contribution in [1.82, 2.24) is 9.97 Å². The number of nitrogens with two attached hydrogens (primary N) is 1. The molecular formula is C12H16N4O3S. The fourth-order valence-corrected chi connectivity index (χ4v) is 2.04. The Morgan fingerprint density at radius 1 is 1.60 bits per heavy atom. The van der Waals surface area contributed by atoms with Crippen LogP contribution in [0.15, 0.2) is 12.4 Å². The first-order valence-electron chi connectivity index (χ1n) is 6.15. The van der Waals surface area contributed by atoms with Crippen molar-refractivity contribution in [3.63, 3.8) is 0 Å². The van der Waals surface area contributed by atoms with Gasteiger partial charge in [-0.1, -0.05) is 12.2 Å². The third-order valence-corrected chi connectivity index (χ3v) is 3.18. The molecule has 0 saturated carbocycles. The molecular weight excluding hydrogens is 280 g/mol. The van der Waals surface area contributed by atoms with Crippen molar-refractivity contribution in [1.29, 1.82) is 0 Å². The Bertz CT molecular complexity index is 494. The summed E-state index contributed by atoms with van der Waals surface area (Å²) in [5.74, 6) is 0.426. The number of nitrogens with zero attached hydrogens (tertiary/aromatic N) is 3. The van der Waals surface area contributed by atoms with E-state index in [0.717, 1.165) is 0 Å². The number of aromatic nitrogens is 2. The van der Waals surface area contributed by atoms with Gasteiger partial charge in [-0.15, -0.1) is 0 Å². The molecule has 0 aliphatic carbocycles. The van der Waals surface area contributed by atoms with Gasteiger partial charge in [0.15, 0.2) is 0 Å². The molecule has 1 aliphatic rings. The third-order valence-electron chi connectivity index (χ3n) is 2.98. The monoisotopic (exact) mass is 296 g/mol. The minimum Gasteiger partial charge on any atom is -0.469 e. The van der Waals surface area contributed by atoms with E-state index < -0.39 is 0 Å². The molecule has 1 atom stereocenters. The van der Waals surface area contributed by atoms with Crippen LogP contribution in [-0.4, -0.2) is 53.8 Å². The van der Waals surface area contributed by atoms with Crippen molar-refractivity contribution in [2.45, 2.75) is 12.5 Å². The first-order chi connectivity index (χ1) is 9.60. The lowest BCUT2D eigenvalue weighted by molar-refractivity contribution is -0.144. The Kier molecular flexibility index (Phi) is 4.80. The lowest BCUT2D eigenvalue weighted by Gasteiger charge is -2.33. The Morgan fingerprint density at radius 2 is 2.40 bits per heavy atom. The van der Waals surface area contributed by atoms with Crippen LogP contribution < -0.4 is 10.6 Å². The molecule has 0 spiro atoms. The van der Waals surface area contributed by atoms with Gasteiger partial charge in [0.2, 0.25) is 0 Å². The first kappa shape index (κ1) is 14.6. The number of anilines is 1. The quantitative estimate of drug-likeness (QED) is 0.607. The maximum Gasteiger partial charge on any atom is 0.308 e. The number of ether oxygens (including phenoxy) is 2. The summed E-state index contributed by atoms with van der Waals surface area (Å²) in [6.45, 7) is 1.79. The highest BCUT2D eigenvalue weighted by Crippen LogP contribution is 2.16. The molecule has 1 fully saturated rings. The van der Waals surface area contributed by atoms with Crippen LogP contribution in [0.4, 0.5) is 5.82 Å². The number of carbonyl (C=O) groups is 1. The fraction of sp³-hybridized carbons (Fsp3) is 0.500. The number of hydrogen-bond donors (Lipinski definition) is 1. The van der Waals surface area contributed by atoms with E-state index in [0.29, 0.717) is 31.2 Å². The van der Waals surface area contributed by atoms with Gasteiger partial charge in [0, 0.05) is 13.1 Å². The van der Waals surface area contributed by atoms with E-state index in [2.05, 4.69) is 14.7 Å². The second-order valence-corrected chi connectivity index (χ2v) is 4.78. The number of hydrogen-bond acceptors (Lipinski definition) is 7. The smallest absolute Gasteiger partial charge is 0.308 e. The van der Waals surface area contributed by atoms with Crippen molar-refractivity contribution in [3.05, 3.63) is 18.1 Å². The summed E-state index contributed by atoms with van der Waals surface area (Å²) in [7, 11) is 1.36. The summed E-state index contributed by atoms with van der Waals surface area (Å²) in [6.07, 6.45) is 3.19. The maximum atomic E-state index is 11.3. The zero-order valence-corrected chi connectivity index (χ0v) is 11.9. The van der Waals surface area contributed by atoms with E-state index in [4.69, 9.17) is 22.7 Å². The van der Waals surface area contributed by atoms with Gasteiger partial charge in [0.05, 0.1) is 38.6 Å². The SMILES string of the molecule is COC(=O)CC1CN(c2cnc(C(N)=S)cn2)CCO1. The van der Waals surface area contributed by atoms with Crippen LogP contribution in [0.2, 0.25) is 0 Å². The summed E-state index contributed by atoms with van der Waals surface area (Å²) in [4.78, 5) is 21.9. The molecule has 1 unspecified atom stereocenters. The molecule has 1 aromatic rings. The lowest BCUT2D eigenvalue weighted by atomic mass is 10.2. The van der Waals surface area contributed by atoms with Crippen molar-refractivity contribution < 1.29 is 14.3 Å². The zero-order valence-electron chi connectivity index (χ0n) is 11.1. The summed E-state index contributed by atoms with van der Waals surface area (Å²) >= 11 is 4.83. The van der Waals surface area contributed by atoms with Crippen LogP contribution in [0.3, 0.4) is 0 Å². The lowest BCUT2D eigenvalue weighted by Crippen LogP contribution is -2.44. The predicted octanol–water partition coefficient (Wildman–Crippen LogP) is -0.121. The number of morpholine rings is 1. The molecule has 0 radical (unpaired) electrons. The average molecular weight is 296 g/mol. The second kappa shape index (κ2) is 6.58. The molecule has 20 heavy (non-hydrogen) atoms. The summed E-state index contributed by atoms with van der Waals surface area (Å²) in [6, 6.07) is 0. The molecule has 2 rings (SSSR count). The molecule has 1 aliphatic heterocycles. The Morgan fingerprint density at radius 3 is 3.00 bits per heavy atom. The number of esters is 1. The van der Waals surface area contributed by atoms with E-state index in [9.17, 15) is 4.79 Å². The molecule has 1 aromatic heterocycles. The Labute approximate surface area is 122 Å². The maximum absolute atomic E-state index is 11.3. The fourth-order valence-electron chi connectivity index (χ4n) is 1.93. The van der Waals surface area contributed by atoms with Gasteiger partial charge in [-0.2, -0.15) is 0 Å². The van der Waals surface area contributed by atoms with Crippen molar-refractivity contribution in [2.75, 3.05) is 31.7 Å². The molecule has 8 heteroatoms. The predicted molar refractivity (Wildman–Crippen MR) is 76.5 cm³/mol. The van der Waals surface area contributed by atoms with E-state index >= 15 is 0 Å². The van der Waals surface area contributed by atoms with Crippen LogP contribution in [0.25, 0.3) is 0 Å². The van der Waals surface area contributed by atoms with E-state index in [1.165, 1.54) is 7.11 Å². The highest BCUT2D eigenvalue weighted by atomic mass is 32.1. The normalized spacial score (nSPS) is 18.6. The molecule has 2 heterocycles. The highest BCUT2D eigenvalue weighted by Gasteiger charge is 2.24. The minimum absolute atomic E-state index is 0.201. The molecule has 108 valence electrons. The highest BCUT2D eigenvalue weighted by molar-refractivity contribution is 7.80. The molecule has 0 aromatic carbocycles. The van der Waals surface area contributed by atoms with Gasteiger partial charge in [-0.3, -0.25) is 4.79 Å². The Balaban J connectivity index is 2.01. The van der Waals surface area contributed by atoms with Crippen molar-refractivity contribution >= 4 is 29.0 Å². The first-order valence-corrected chi connectivity index (χ1v) is 6.56. The molecule has 2 N–H and O–H groups in total. The summed E-state index contributed by atoms with van der Waals surface area (Å²) < 4.78 is 10.2. The van der Waals surface area contributed by atoms with Crippen LogP contribution in [0.1, 0.15) is 12.1 Å². The van der Waals surface area contributed by atoms with E-state index in [-0.39, 0.29) is 23.5 Å².